The predicted molar refractivity (Wildman–Crippen MR) is 167 cm³/mol. The second kappa shape index (κ2) is 11.7. The average molecular weight is 744 g/mol. The van der Waals surface area contributed by atoms with E-state index < -0.39 is 0 Å². The van der Waals surface area contributed by atoms with E-state index in [4.69, 9.17) is 9.97 Å². The molecule has 4 nitrogen and oxygen atoms in total. The van der Waals surface area contributed by atoms with Gasteiger partial charge in [0.1, 0.15) is 4.83 Å². The van der Waals surface area contributed by atoms with Crippen molar-refractivity contribution < 1.29 is 30.0 Å². The van der Waals surface area contributed by atoms with E-state index in [1.54, 1.807) is 11.3 Å². The fourth-order valence-corrected chi connectivity index (χ4v) is 8.03. The fraction of sp³-hybridized carbons (Fsp3) is 0.303. The number of aromatic nitrogens is 2. The van der Waals surface area contributed by atoms with Gasteiger partial charge in [-0.05, 0) is 54.3 Å². The van der Waals surface area contributed by atoms with Gasteiger partial charge in [-0.2, -0.15) is 0 Å². The molecular formula is C33H31IrN2O2S2-. The summed E-state index contributed by atoms with van der Waals surface area (Å²) in [6.07, 6.45) is 8.85. The third-order valence-electron chi connectivity index (χ3n) is 8.11. The molecule has 0 atom stereocenters. The summed E-state index contributed by atoms with van der Waals surface area (Å²) >= 11 is 3.59. The molecule has 1 aliphatic carbocycles. The number of fused-ring (bicyclic) bond motifs is 1. The van der Waals surface area contributed by atoms with Crippen molar-refractivity contribution in [2.45, 2.75) is 53.4 Å². The number of rotatable bonds is 7. The van der Waals surface area contributed by atoms with E-state index in [9.17, 15) is 9.90 Å². The molecule has 0 spiro atoms. The van der Waals surface area contributed by atoms with E-state index in [-0.39, 0.29) is 43.5 Å². The van der Waals surface area contributed by atoms with Crippen molar-refractivity contribution in [2.75, 3.05) is 0 Å². The Morgan fingerprint density at radius 2 is 1.55 bits per heavy atom. The molecule has 0 aliphatic heterocycles. The molecule has 207 valence electrons. The first-order valence-corrected chi connectivity index (χ1v) is 15.4. The molecule has 1 radical (unpaired) electrons. The van der Waals surface area contributed by atoms with Crippen molar-refractivity contribution in [3.63, 3.8) is 0 Å². The molecule has 1 aliphatic rings. The van der Waals surface area contributed by atoms with Gasteiger partial charge in [0.15, 0.2) is 5.78 Å². The monoisotopic (exact) mass is 744 g/mol. The Kier molecular flexibility index (Phi) is 8.39. The first-order chi connectivity index (χ1) is 19.0. The van der Waals surface area contributed by atoms with Gasteiger partial charge in [0.2, 0.25) is 0 Å². The first-order valence-electron chi connectivity index (χ1n) is 13.8. The van der Waals surface area contributed by atoms with Crippen LogP contribution in [0, 0.1) is 17.9 Å². The van der Waals surface area contributed by atoms with Gasteiger partial charge in [0.25, 0.3) is 0 Å². The summed E-state index contributed by atoms with van der Waals surface area (Å²) in [7, 11) is 0. The van der Waals surface area contributed by atoms with Crippen molar-refractivity contribution in [2.24, 2.45) is 11.8 Å². The molecule has 0 fully saturated rings. The maximum Gasteiger partial charge on any atom is 0.162 e. The summed E-state index contributed by atoms with van der Waals surface area (Å²) < 4.78 is 3.82. The number of aliphatic hydroxyl groups is 1. The zero-order valence-corrected chi connectivity index (χ0v) is 27.0. The largest absolute Gasteiger partial charge is 0.512 e. The Morgan fingerprint density at radius 3 is 2.27 bits per heavy atom. The third-order valence-corrected chi connectivity index (χ3v) is 10.3. The Labute approximate surface area is 255 Å². The van der Waals surface area contributed by atoms with Gasteiger partial charge in [-0.25, -0.2) is 4.98 Å². The summed E-state index contributed by atoms with van der Waals surface area (Å²) in [5, 5.41) is 17.5. The first kappa shape index (κ1) is 28.8. The molecule has 0 bridgehead atoms. The van der Waals surface area contributed by atoms with E-state index in [0.29, 0.717) is 0 Å². The number of hydrogen-bond acceptors (Lipinski definition) is 6. The van der Waals surface area contributed by atoms with Gasteiger partial charge < -0.3 is 10.1 Å². The molecule has 2 aromatic carbocycles. The van der Waals surface area contributed by atoms with Crippen molar-refractivity contribution in [3.8, 4) is 11.3 Å². The van der Waals surface area contributed by atoms with E-state index in [1.165, 1.54) is 52.5 Å². The van der Waals surface area contributed by atoms with E-state index >= 15 is 0 Å². The number of aliphatic hydroxyl groups excluding tert-OH is 1. The number of carbonyl (C=O) groups excluding carboxylic acids is 1. The second-order valence-corrected chi connectivity index (χ2v) is 12.3. The Morgan fingerprint density at radius 1 is 0.850 bits per heavy atom. The van der Waals surface area contributed by atoms with Gasteiger partial charge in [0, 0.05) is 70.6 Å². The minimum absolute atomic E-state index is 0. The third kappa shape index (κ3) is 4.57. The van der Waals surface area contributed by atoms with Crippen LogP contribution in [0.3, 0.4) is 0 Å². The van der Waals surface area contributed by atoms with Crippen LogP contribution in [0.25, 0.3) is 62.5 Å². The van der Waals surface area contributed by atoms with Crippen molar-refractivity contribution in [1.29, 1.82) is 0 Å². The molecule has 7 rings (SSSR count). The van der Waals surface area contributed by atoms with E-state index in [0.717, 1.165) is 41.8 Å². The summed E-state index contributed by atoms with van der Waals surface area (Å²) in [6, 6.07) is 14.2. The van der Waals surface area contributed by atoms with Crippen LogP contribution in [0.15, 0.2) is 54.6 Å². The Balaban J connectivity index is 0.000000179. The molecule has 1 N–H and O–H groups in total. The maximum atomic E-state index is 11.7. The maximum absolute atomic E-state index is 11.7. The Bertz CT molecular complexity index is 1910. The number of benzene rings is 2. The number of carbonyl (C=O) groups is 1. The molecule has 0 amide bonds. The van der Waals surface area contributed by atoms with Crippen molar-refractivity contribution in [3.05, 3.63) is 60.6 Å². The standard InChI is InChI=1S/C20H7N2S2.C13H24O2.Ir/c1-2-9-4-5-11-15-14(9)10(3-1)19-17-12(6-7-21-19)23-13-8-22-20(24-11)18(15)16(13)17;1-5-10(6-2)12(14)9-13(15)11(7-3)8-4;/h1-2,4-8H;9-11,14H,5-8H2,1-4H3;/q-1;;/b;12-9-;. The second-order valence-electron chi connectivity index (χ2n) is 10.2. The van der Waals surface area contributed by atoms with Crippen LogP contribution in [0.1, 0.15) is 53.4 Å². The van der Waals surface area contributed by atoms with Crippen molar-refractivity contribution in [1.82, 2.24) is 9.97 Å². The van der Waals surface area contributed by atoms with Crippen LogP contribution < -0.4 is 0 Å². The molecule has 4 aromatic heterocycles. The minimum atomic E-state index is 0. The Hall–Kier alpha value is -2.70. The van der Waals surface area contributed by atoms with Crippen molar-refractivity contribution >= 4 is 79.7 Å². The molecule has 0 unspecified atom stereocenters. The van der Waals surface area contributed by atoms with Gasteiger partial charge in [-0.1, -0.05) is 39.1 Å². The number of hydrogen-bond donors (Lipinski definition) is 1. The summed E-state index contributed by atoms with van der Waals surface area (Å²) in [6.45, 7) is 8.07. The van der Waals surface area contributed by atoms with Crippen LogP contribution in [0.4, 0.5) is 0 Å². The SMILES string of the molecule is CCC(CC)C(=O)/C=C(\O)C(CC)CC.[Ir].[c-]1ccc2ccc3sc4ncc5sc6ccnc7c6c5c4c3c2c1-7. The summed E-state index contributed by atoms with van der Waals surface area (Å²) in [5.41, 5.74) is 2.19. The number of ketones is 1. The molecule has 0 saturated heterocycles. The number of pyridine rings is 2. The quantitative estimate of drug-likeness (QED) is 0.100. The molecule has 40 heavy (non-hydrogen) atoms. The molecule has 7 heteroatoms. The molecule has 0 saturated carbocycles. The van der Waals surface area contributed by atoms with Gasteiger partial charge >= 0.3 is 0 Å². The van der Waals surface area contributed by atoms with Crippen LogP contribution in [0.2, 0.25) is 0 Å². The zero-order valence-electron chi connectivity index (χ0n) is 23.0. The van der Waals surface area contributed by atoms with Gasteiger partial charge in [0.05, 0.1) is 10.5 Å². The van der Waals surface area contributed by atoms with Gasteiger partial charge in [-0.3, -0.25) is 4.79 Å². The van der Waals surface area contributed by atoms with Gasteiger partial charge in [-0.15, -0.1) is 51.8 Å². The normalized spacial score (nSPS) is 12.5. The molecule has 4 heterocycles. The predicted octanol–water partition coefficient (Wildman–Crippen LogP) is 10.0. The topological polar surface area (TPSA) is 63.1 Å². The summed E-state index contributed by atoms with van der Waals surface area (Å²) in [5.74, 6) is 0.547. The summed E-state index contributed by atoms with van der Waals surface area (Å²) in [4.78, 5) is 22.4. The minimum Gasteiger partial charge on any atom is -0.512 e. The van der Waals surface area contributed by atoms with E-state index in [2.05, 4.69) is 30.3 Å². The average Bonchev–Trinajstić information content (AvgIpc) is 3.48. The smallest absolute Gasteiger partial charge is 0.162 e. The molecule has 6 aromatic rings. The fourth-order valence-electron chi connectivity index (χ4n) is 5.89. The molecular weight excluding hydrogens is 713 g/mol. The zero-order chi connectivity index (χ0) is 27.3. The number of allylic oxidation sites excluding steroid dienone is 2. The van der Waals surface area contributed by atoms with Crippen LogP contribution >= 0.6 is 22.7 Å². The van der Waals surface area contributed by atoms with Crippen LogP contribution in [-0.2, 0) is 24.9 Å². The van der Waals surface area contributed by atoms with E-state index in [1.807, 2.05) is 57.5 Å². The number of nitrogens with zero attached hydrogens (tertiary/aromatic N) is 2. The number of thiophene rings is 2. The van der Waals surface area contributed by atoms with Crippen LogP contribution in [-0.4, -0.2) is 20.9 Å². The van der Waals surface area contributed by atoms with Crippen LogP contribution in [0.5, 0.6) is 0 Å².